The molecule has 122 valence electrons. The summed E-state index contributed by atoms with van der Waals surface area (Å²) in [5.41, 5.74) is 1.49. The molecule has 0 fully saturated rings. The molecule has 0 aliphatic carbocycles. The third kappa shape index (κ3) is 3.13. The summed E-state index contributed by atoms with van der Waals surface area (Å²) in [6.07, 6.45) is 1.42. The van der Waals surface area contributed by atoms with Crippen LogP contribution in [0.15, 0.2) is 77.8 Å². The Labute approximate surface area is 146 Å². The highest BCUT2D eigenvalue weighted by atomic mass is 35.5. The van der Waals surface area contributed by atoms with Crippen molar-refractivity contribution >= 4 is 27.4 Å². The van der Waals surface area contributed by atoms with Crippen LogP contribution in [0.1, 0.15) is 0 Å². The van der Waals surface area contributed by atoms with Gasteiger partial charge in [0, 0.05) is 18.8 Å². The molecule has 0 radical (unpaired) electrons. The molecule has 0 saturated carbocycles. The van der Waals surface area contributed by atoms with Gasteiger partial charge in [-0.3, -0.25) is 4.31 Å². The van der Waals surface area contributed by atoms with E-state index < -0.39 is 10.0 Å². The second-order valence-corrected chi connectivity index (χ2v) is 7.54. The summed E-state index contributed by atoms with van der Waals surface area (Å²) in [6.45, 7) is 0. The molecule has 0 bridgehead atoms. The van der Waals surface area contributed by atoms with Crippen molar-refractivity contribution in [3.8, 4) is 11.1 Å². The molecule has 4 nitrogen and oxygen atoms in total. The van der Waals surface area contributed by atoms with Crippen LogP contribution in [0.3, 0.4) is 0 Å². The second-order valence-electron chi connectivity index (χ2n) is 5.17. The zero-order chi connectivity index (χ0) is 17.2. The summed E-state index contributed by atoms with van der Waals surface area (Å²) in [5.74, 6) is 0.308. The SMILES string of the molecule is CN(c1ccc(Cl)cn1)S(=O)(=O)c1ccccc1-c1ccccc1. The monoisotopic (exact) mass is 358 g/mol. The lowest BCUT2D eigenvalue weighted by atomic mass is 10.1. The van der Waals surface area contributed by atoms with Crippen molar-refractivity contribution in [2.45, 2.75) is 4.90 Å². The van der Waals surface area contributed by atoms with Gasteiger partial charge in [-0.2, -0.15) is 0 Å². The van der Waals surface area contributed by atoms with Gasteiger partial charge >= 0.3 is 0 Å². The van der Waals surface area contributed by atoms with Crippen LogP contribution in [-0.2, 0) is 10.0 Å². The Morgan fingerprint density at radius 2 is 1.58 bits per heavy atom. The van der Waals surface area contributed by atoms with Gasteiger partial charge < -0.3 is 0 Å². The minimum atomic E-state index is -3.76. The third-order valence-corrected chi connectivity index (χ3v) is 5.69. The molecule has 2 aromatic carbocycles. The number of rotatable bonds is 4. The number of halogens is 1. The lowest BCUT2D eigenvalue weighted by Crippen LogP contribution is -2.27. The number of benzene rings is 2. The van der Waals surface area contributed by atoms with Crippen LogP contribution < -0.4 is 4.31 Å². The molecule has 3 aromatic rings. The highest BCUT2D eigenvalue weighted by Gasteiger charge is 2.25. The smallest absolute Gasteiger partial charge is 0.253 e. The minimum Gasteiger partial charge on any atom is -0.253 e. The first-order valence-corrected chi connectivity index (χ1v) is 9.07. The molecule has 0 aliphatic heterocycles. The topological polar surface area (TPSA) is 50.3 Å². The van der Waals surface area contributed by atoms with E-state index in [1.54, 1.807) is 30.3 Å². The fraction of sp³-hybridized carbons (Fsp3) is 0.0556. The van der Waals surface area contributed by atoms with E-state index in [9.17, 15) is 8.42 Å². The predicted molar refractivity (Wildman–Crippen MR) is 96.7 cm³/mol. The van der Waals surface area contributed by atoms with Gasteiger partial charge in [0.25, 0.3) is 10.0 Å². The Morgan fingerprint density at radius 3 is 2.25 bits per heavy atom. The average molecular weight is 359 g/mol. The summed E-state index contributed by atoms with van der Waals surface area (Å²) in [7, 11) is -2.28. The maximum atomic E-state index is 13.1. The summed E-state index contributed by atoms with van der Waals surface area (Å²) in [4.78, 5) is 4.32. The number of hydrogen-bond acceptors (Lipinski definition) is 3. The van der Waals surface area contributed by atoms with Crippen LogP contribution in [-0.4, -0.2) is 20.4 Å². The maximum absolute atomic E-state index is 13.1. The average Bonchev–Trinajstić information content (AvgIpc) is 2.62. The van der Waals surface area contributed by atoms with E-state index in [2.05, 4.69) is 4.98 Å². The molecular formula is C18H15ClN2O2S. The van der Waals surface area contributed by atoms with Gasteiger partial charge in [0.05, 0.1) is 9.92 Å². The summed E-state index contributed by atoms with van der Waals surface area (Å²) >= 11 is 5.82. The number of hydrogen-bond donors (Lipinski definition) is 0. The first-order chi connectivity index (χ1) is 11.5. The first-order valence-electron chi connectivity index (χ1n) is 7.25. The van der Waals surface area contributed by atoms with Gasteiger partial charge in [0.2, 0.25) is 0 Å². The van der Waals surface area contributed by atoms with Crippen LogP contribution in [0.5, 0.6) is 0 Å². The molecule has 0 spiro atoms. The quantitative estimate of drug-likeness (QED) is 0.701. The van der Waals surface area contributed by atoms with E-state index >= 15 is 0 Å². The fourth-order valence-corrected chi connectivity index (χ4v) is 3.85. The van der Waals surface area contributed by atoms with Crippen molar-refractivity contribution in [3.63, 3.8) is 0 Å². The van der Waals surface area contributed by atoms with Gasteiger partial charge in [-0.05, 0) is 23.8 Å². The molecular weight excluding hydrogens is 344 g/mol. The number of aromatic nitrogens is 1. The lowest BCUT2D eigenvalue weighted by Gasteiger charge is -2.20. The Morgan fingerprint density at radius 1 is 0.917 bits per heavy atom. The van der Waals surface area contributed by atoms with E-state index in [0.717, 1.165) is 9.87 Å². The van der Waals surface area contributed by atoms with Crippen molar-refractivity contribution in [2.24, 2.45) is 0 Å². The molecule has 0 aliphatic rings. The van der Waals surface area contributed by atoms with Gasteiger partial charge in [0.1, 0.15) is 5.82 Å². The molecule has 1 aromatic heterocycles. The predicted octanol–water partition coefficient (Wildman–Crippen LogP) is 4.23. The standard InChI is InChI=1S/C18H15ClN2O2S/c1-21(18-12-11-15(19)13-20-18)24(22,23)17-10-6-5-9-16(17)14-7-3-2-4-8-14/h2-13H,1H3. The van der Waals surface area contributed by atoms with Crippen LogP contribution in [0, 0.1) is 0 Å². The van der Waals surface area contributed by atoms with Crippen molar-refractivity contribution in [2.75, 3.05) is 11.4 Å². The Hall–Kier alpha value is -2.37. The zero-order valence-corrected chi connectivity index (χ0v) is 14.5. The van der Waals surface area contributed by atoms with Crippen LogP contribution >= 0.6 is 11.6 Å². The van der Waals surface area contributed by atoms with Crippen molar-refractivity contribution < 1.29 is 8.42 Å². The number of sulfonamides is 1. The highest BCUT2D eigenvalue weighted by Crippen LogP contribution is 2.30. The van der Waals surface area contributed by atoms with E-state index in [-0.39, 0.29) is 4.90 Å². The molecule has 0 N–H and O–H groups in total. The Kier molecular flexibility index (Phi) is 4.55. The first kappa shape index (κ1) is 16.5. The minimum absolute atomic E-state index is 0.232. The van der Waals surface area contributed by atoms with Crippen molar-refractivity contribution in [1.29, 1.82) is 0 Å². The molecule has 0 saturated heterocycles. The van der Waals surface area contributed by atoms with Crippen LogP contribution in [0.2, 0.25) is 5.02 Å². The molecule has 3 rings (SSSR count). The van der Waals surface area contributed by atoms with E-state index in [0.29, 0.717) is 16.4 Å². The van der Waals surface area contributed by atoms with E-state index in [1.165, 1.54) is 13.2 Å². The number of nitrogens with zero attached hydrogens (tertiary/aromatic N) is 2. The second kappa shape index (κ2) is 6.63. The van der Waals surface area contributed by atoms with Gasteiger partial charge in [-0.15, -0.1) is 0 Å². The normalized spacial score (nSPS) is 11.2. The molecule has 6 heteroatoms. The molecule has 0 amide bonds. The van der Waals surface area contributed by atoms with E-state index in [4.69, 9.17) is 11.6 Å². The fourth-order valence-electron chi connectivity index (χ4n) is 2.37. The Bertz CT molecular complexity index is 942. The lowest BCUT2D eigenvalue weighted by molar-refractivity contribution is 0.594. The van der Waals surface area contributed by atoms with Crippen molar-refractivity contribution in [3.05, 3.63) is 77.9 Å². The molecule has 1 heterocycles. The number of pyridine rings is 1. The molecule has 0 atom stereocenters. The van der Waals surface area contributed by atoms with Gasteiger partial charge in [-0.25, -0.2) is 13.4 Å². The van der Waals surface area contributed by atoms with Gasteiger partial charge in [-0.1, -0.05) is 60.1 Å². The largest absolute Gasteiger partial charge is 0.265 e. The Balaban J connectivity index is 2.09. The summed E-state index contributed by atoms with van der Waals surface area (Å²) in [5, 5.41) is 0.453. The maximum Gasteiger partial charge on any atom is 0.265 e. The van der Waals surface area contributed by atoms with Crippen molar-refractivity contribution in [1.82, 2.24) is 4.98 Å². The third-order valence-electron chi connectivity index (χ3n) is 3.64. The summed E-state index contributed by atoms with van der Waals surface area (Å²) in [6, 6.07) is 19.5. The highest BCUT2D eigenvalue weighted by molar-refractivity contribution is 7.93. The molecule has 0 unspecified atom stereocenters. The van der Waals surface area contributed by atoms with Gasteiger partial charge in [0.15, 0.2) is 0 Å². The zero-order valence-electron chi connectivity index (χ0n) is 12.9. The number of anilines is 1. The van der Waals surface area contributed by atoms with E-state index in [1.807, 2.05) is 36.4 Å². The van der Waals surface area contributed by atoms with Crippen LogP contribution in [0.4, 0.5) is 5.82 Å². The summed E-state index contributed by atoms with van der Waals surface area (Å²) < 4.78 is 27.3. The molecule has 24 heavy (non-hydrogen) atoms. The van der Waals surface area contributed by atoms with Crippen LogP contribution in [0.25, 0.3) is 11.1 Å².